The largest absolute Gasteiger partial charge is 0.316 e. The highest BCUT2D eigenvalue weighted by Crippen LogP contribution is 2.20. The Morgan fingerprint density at radius 1 is 1.04 bits per heavy atom. The van der Waals surface area contributed by atoms with Crippen LogP contribution in [0.5, 0.6) is 0 Å². The van der Waals surface area contributed by atoms with Crippen molar-refractivity contribution in [2.24, 2.45) is 4.99 Å². The second-order valence-electron chi connectivity index (χ2n) is 6.54. The van der Waals surface area contributed by atoms with Gasteiger partial charge in [0, 0.05) is 12.3 Å². The zero-order valence-corrected chi connectivity index (χ0v) is 17.8. The lowest BCUT2D eigenvalue weighted by molar-refractivity contribution is -0.117. The number of thioether (sulfide) groups is 1. The van der Waals surface area contributed by atoms with Gasteiger partial charge in [-0.05, 0) is 47.9 Å². The molecule has 27 heavy (non-hydrogen) atoms. The van der Waals surface area contributed by atoms with Crippen molar-refractivity contribution in [1.82, 2.24) is 4.57 Å². The minimum Gasteiger partial charge on any atom is -0.316 e. The van der Waals surface area contributed by atoms with Crippen molar-refractivity contribution in [3.05, 3.63) is 64.0 Å². The van der Waals surface area contributed by atoms with E-state index < -0.39 is 0 Å². The lowest BCUT2D eigenvalue weighted by Crippen LogP contribution is -2.18. The van der Waals surface area contributed by atoms with Crippen LogP contribution in [0.25, 0.3) is 10.2 Å². The zero-order chi connectivity index (χ0) is 19.2. The summed E-state index contributed by atoms with van der Waals surface area (Å²) in [6.07, 6.45) is 4.47. The van der Waals surface area contributed by atoms with Crippen molar-refractivity contribution in [2.75, 3.05) is 12.0 Å². The third-order valence-electron chi connectivity index (χ3n) is 4.68. The first-order valence-corrected chi connectivity index (χ1v) is 11.6. The minimum absolute atomic E-state index is 0.0839. The van der Waals surface area contributed by atoms with E-state index in [0.29, 0.717) is 6.42 Å². The predicted molar refractivity (Wildman–Crippen MR) is 118 cm³/mol. The number of carbonyl (C=O) groups excluding carboxylic acids is 1. The fourth-order valence-electron chi connectivity index (χ4n) is 3.04. The van der Waals surface area contributed by atoms with E-state index >= 15 is 0 Å². The molecule has 0 bridgehead atoms. The van der Waals surface area contributed by atoms with Gasteiger partial charge in [-0.3, -0.25) is 4.79 Å². The minimum atomic E-state index is -0.0839. The standard InChI is InChI=1S/C22H26N2OS2/c1-4-16-6-8-18(9-7-16)15-21(25)23-22-24(12-13-26-3)19-11-10-17(5-2)14-20(19)27-22/h6-11,14H,4-5,12-13,15H2,1-3H3. The molecule has 1 aromatic heterocycles. The Kier molecular flexibility index (Phi) is 6.91. The molecule has 0 aliphatic carbocycles. The van der Waals surface area contributed by atoms with Crippen LogP contribution >= 0.6 is 23.1 Å². The summed E-state index contributed by atoms with van der Waals surface area (Å²) < 4.78 is 3.39. The van der Waals surface area contributed by atoms with E-state index in [4.69, 9.17) is 0 Å². The summed E-state index contributed by atoms with van der Waals surface area (Å²) in [5, 5.41) is 0. The first-order chi connectivity index (χ1) is 13.1. The molecule has 2 aromatic carbocycles. The maximum atomic E-state index is 12.6. The maximum Gasteiger partial charge on any atom is 0.252 e. The number of carbonyl (C=O) groups is 1. The maximum absolute atomic E-state index is 12.6. The molecule has 5 heteroatoms. The predicted octanol–water partition coefficient (Wildman–Crippen LogP) is 4.86. The topological polar surface area (TPSA) is 34.4 Å². The summed E-state index contributed by atoms with van der Waals surface area (Å²) in [7, 11) is 0. The summed E-state index contributed by atoms with van der Waals surface area (Å²) in [5.74, 6) is 0.917. The summed E-state index contributed by atoms with van der Waals surface area (Å²) in [6.45, 7) is 5.16. The number of nitrogens with zero attached hydrogens (tertiary/aromatic N) is 2. The van der Waals surface area contributed by atoms with E-state index in [1.54, 1.807) is 23.1 Å². The van der Waals surface area contributed by atoms with E-state index in [1.165, 1.54) is 21.3 Å². The van der Waals surface area contributed by atoms with Crippen molar-refractivity contribution >= 4 is 39.2 Å². The van der Waals surface area contributed by atoms with E-state index in [2.05, 4.69) is 60.0 Å². The molecular weight excluding hydrogens is 372 g/mol. The van der Waals surface area contributed by atoms with Gasteiger partial charge in [-0.1, -0.05) is 55.5 Å². The molecule has 142 valence electrons. The smallest absolute Gasteiger partial charge is 0.252 e. The van der Waals surface area contributed by atoms with Crippen molar-refractivity contribution in [3.8, 4) is 0 Å². The number of benzene rings is 2. The Morgan fingerprint density at radius 2 is 1.70 bits per heavy atom. The Morgan fingerprint density at radius 3 is 2.37 bits per heavy atom. The highest BCUT2D eigenvalue weighted by Gasteiger charge is 2.09. The van der Waals surface area contributed by atoms with Gasteiger partial charge < -0.3 is 4.57 Å². The van der Waals surface area contributed by atoms with E-state index in [-0.39, 0.29) is 5.91 Å². The molecular formula is C22H26N2OS2. The van der Waals surface area contributed by atoms with Crippen LogP contribution < -0.4 is 4.80 Å². The summed E-state index contributed by atoms with van der Waals surface area (Å²) in [4.78, 5) is 17.9. The summed E-state index contributed by atoms with van der Waals surface area (Å²) >= 11 is 3.42. The van der Waals surface area contributed by atoms with Crippen LogP contribution in [-0.2, 0) is 30.6 Å². The lowest BCUT2D eigenvalue weighted by atomic mass is 10.1. The van der Waals surface area contributed by atoms with Crippen molar-refractivity contribution in [3.63, 3.8) is 0 Å². The third kappa shape index (κ3) is 4.90. The van der Waals surface area contributed by atoms with Gasteiger partial charge in [-0.15, -0.1) is 0 Å². The van der Waals surface area contributed by atoms with Crippen molar-refractivity contribution in [1.29, 1.82) is 0 Å². The average molecular weight is 399 g/mol. The number of hydrogen-bond donors (Lipinski definition) is 0. The monoisotopic (exact) mass is 398 g/mol. The highest BCUT2D eigenvalue weighted by molar-refractivity contribution is 7.98. The number of hydrogen-bond acceptors (Lipinski definition) is 3. The van der Waals surface area contributed by atoms with Crippen molar-refractivity contribution < 1.29 is 4.79 Å². The summed E-state index contributed by atoms with van der Waals surface area (Å²) in [5.41, 5.74) is 4.79. The molecule has 3 aromatic rings. The summed E-state index contributed by atoms with van der Waals surface area (Å²) in [6, 6.07) is 14.8. The lowest BCUT2D eigenvalue weighted by Gasteiger charge is -2.04. The highest BCUT2D eigenvalue weighted by atomic mass is 32.2. The third-order valence-corrected chi connectivity index (χ3v) is 6.31. The first kappa shape index (κ1) is 19.9. The Hall–Kier alpha value is -1.85. The van der Waals surface area contributed by atoms with E-state index in [9.17, 15) is 4.79 Å². The van der Waals surface area contributed by atoms with Crippen LogP contribution in [0.4, 0.5) is 0 Å². The Labute approximate surface area is 169 Å². The fourth-order valence-corrected chi connectivity index (χ4v) is 4.54. The molecule has 0 unspecified atom stereocenters. The molecule has 1 heterocycles. The van der Waals surface area contributed by atoms with Crippen LogP contribution in [0.1, 0.15) is 30.5 Å². The van der Waals surface area contributed by atoms with Gasteiger partial charge >= 0.3 is 0 Å². The van der Waals surface area contributed by atoms with E-state index in [0.717, 1.165) is 35.5 Å². The first-order valence-electron chi connectivity index (χ1n) is 9.41. The molecule has 3 nitrogen and oxygen atoms in total. The average Bonchev–Trinajstić information content (AvgIpc) is 3.02. The molecule has 0 saturated carbocycles. The van der Waals surface area contributed by atoms with Gasteiger partial charge in [0.2, 0.25) is 0 Å². The Balaban J connectivity index is 1.93. The van der Waals surface area contributed by atoms with Crippen LogP contribution in [0.15, 0.2) is 47.5 Å². The van der Waals surface area contributed by atoms with E-state index in [1.807, 2.05) is 12.1 Å². The molecule has 1 amide bonds. The van der Waals surface area contributed by atoms with Gasteiger partial charge in [0.25, 0.3) is 5.91 Å². The van der Waals surface area contributed by atoms with Gasteiger partial charge in [0.15, 0.2) is 4.80 Å². The molecule has 0 aliphatic heterocycles. The number of thiazole rings is 1. The second-order valence-corrected chi connectivity index (χ2v) is 8.53. The number of aromatic nitrogens is 1. The van der Waals surface area contributed by atoms with Gasteiger partial charge in [0.05, 0.1) is 16.6 Å². The molecule has 0 radical (unpaired) electrons. The van der Waals surface area contributed by atoms with Crippen LogP contribution in [0, 0.1) is 0 Å². The van der Waals surface area contributed by atoms with Gasteiger partial charge in [-0.2, -0.15) is 16.8 Å². The SMILES string of the molecule is CCc1ccc(CC(=O)N=c2sc3cc(CC)ccc3n2CCSC)cc1. The molecule has 0 fully saturated rings. The fraction of sp³-hybridized carbons (Fsp3) is 0.364. The van der Waals surface area contributed by atoms with Crippen LogP contribution in [-0.4, -0.2) is 22.5 Å². The number of fused-ring (bicyclic) bond motifs is 1. The molecule has 3 rings (SSSR count). The molecule has 0 aliphatic rings. The quantitative estimate of drug-likeness (QED) is 0.569. The normalized spacial score (nSPS) is 12.0. The number of rotatable bonds is 7. The second kappa shape index (κ2) is 9.38. The van der Waals surface area contributed by atoms with Crippen LogP contribution in [0.3, 0.4) is 0 Å². The van der Waals surface area contributed by atoms with Crippen molar-refractivity contribution in [2.45, 2.75) is 39.7 Å². The molecule has 0 atom stereocenters. The van der Waals surface area contributed by atoms with Crippen LogP contribution in [0.2, 0.25) is 0 Å². The number of aryl methyl sites for hydroxylation is 3. The zero-order valence-electron chi connectivity index (χ0n) is 16.2. The Bertz CT molecular complexity index is 984. The molecule has 0 N–H and O–H groups in total. The number of amides is 1. The van der Waals surface area contributed by atoms with Gasteiger partial charge in [0.1, 0.15) is 0 Å². The molecule has 0 saturated heterocycles. The van der Waals surface area contributed by atoms with Gasteiger partial charge in [-0.25, -0.2) is 0 Å². The molecule has 0 spiro atoms.